The average molecular weight is 132 g/mol. The maximum absolute atomic E-state index is 10.2. The highest BCUT2D eigenvalue weighted by Crippen LogP contribution is 2.00. The van der Waals surface area contributed by atoms with E-state index in [1.165, 1.54) is 0 Å². The van der Waals surface area contributed by atoms with Crippen LogP contribution in [-0.4, -0.2) is 27.6 Å². The molecule has 0 heterocycles. The van der Waals surface area contributed by atoms with E-state index < -0.39 is 17.4 Å². The number of hydrogen-bond donors (Lipinski definition) is 2. The standard InChI is InChI=1S/C5H8O4/c1-3(6)5(8,9)4(2)7/h8-9H,1-2H3. The Balaban J connectivity index is 4.38. The van der Waals surface area contributed by atoms with Gasteiger partial charge in [-0.1, -0.05) is 0 Å². The minimum Gasteiger partial charge on any atom is -0.354 e. The van der Waals surface area contributed by atoms with Crippen LogP contribution in [0.25, 0.3) is 0 Å². The van der Waals surface area contributed by atoms with Crippen molar-refractivity contribution < 1.29 is 19.8 Å². The van der Waals surface area contributed by atoms with Gasteiger partial charge >= 0.3 is 0 Å². The monoisotopic (exact) mass is 132 g/mol. The number of aliphatic hydroxyl groups is 2. The number of carbonyl (C=O) groups excluding carboxylic acids is 2. The third kappa shape index (κ3) is 1.58. The minimum atomic E-state index is -2.78. The van der Waals surface area contributed by atoms with Crippen LogP contribution < -0.4 is 0 Å². The van der Waals surface area contributed by atoms with Crippen LogP contribution in [0.4, 0.5) is 0 Å². The molecule has 0 aliphatic rings. The Hall–Kier alpha value is -0.740. The molecular formula is C5H8O4. The summed E-state index contributed by atoms with van der Waals surface area (Å²) in [5, 5.41) is 17.1. The van der Waals surface area contributed by atoms with Crippen molar-refractivity contribution in [1.29, 1.82) is 0 Å². The lowest BCUT2D eigenvalue weighted by Crippen LogP contribution is -2.43. The zero-order chi connectivity index (χ0) is 7.65. The fraction of sp³-hybridized carbons (Fsp3) is 0.600. The van der Waals surface area contributed by atoms with Crippen LogP contribution in [0, 0.1) is 0 Å². The van der Waals surface area contributed by atoms with Gasteiger partial charge in [0.15, 0.2) is 11.6 Å². The molecular weight excluding hydrogens is 124 g/mol. The number of ketones is 2. The fourth-order valence-electron chi connectivity index (χ4n) is 0.248. The van der Waals surface area contributed by atoms with Crippen LogP contribution >= 0.6 is 0 Å². The molecule has 4 heteroatoms. The first-order chi connectivity index (χ1) is 3.89. The molecule has 0 saturated heterocycles. The maximum Gasteiger partial charge on any atom is 0.284 e. The van der Waals surface area contributed by atoms with Crippen LogP contribution in [0.2, 0.25) is 0 Å². The van der Waals surface area contributed by atoms with Gasteiger partial charge in [0.25, 0.3) is 5.79 Å². The van der Waals surface area contributed by atoms with Gasteiger partial charge in [0.1, 0.15) is 0 Å². The lowest BCUT2D eigenvalue weighted by Gasteiger charge is -2.12. The Morgan fingerprint density at radius 2 is 1.33 bits per heavy atom. The van der Waals surface area contributed by atoms with E-state index in [0.29, 0.717) is 0 Å². The summed E-state index contributed by atoms with van der Waals surface area (Å²) < 4.78 is 0. The Morgan fingerprint density at radius 3 is 1.33 bits per heavy atom. The zero-order valence-corrected chi connectivity index (χ0v) is 5.21. The Bertz CT molecular complexity index is 131. The highest BCUT2D eigenvalue weighted by Gasteiger charge is 2.34. The third-order valence-corrected chi connectivity index (χ3v) is 0.982. The zero-order valence-electron chi connectivity index (χ0n) is 5.21. The van der Waals surface area contributed by atoms with E-state index in [9.17, 15) is 9.59 Å². The van der Waals surface area contributed by atoms with Gasteiger partial charge in [0.2, 0.25) is 0 Å². The number of carbonyl (C=O) groups is 2. The summed E-state index contributed by atoms with van der Waals surface area (Å²) >= 11 is 0. The first-order valence-electron chi connectivity index (χ1n) is 2.36. The molecule has 0 rings (SSSR count). The van der Waals surface area contributed by atoms with Gasteiger partial charge in [0, 0.05) is 13.8 Å². The number of hydrogen-bond acceptors (Lipinski definition) is 4. The van der Waals surface area contributed by atoms with E-state index in [2.05, 4.69) is 0 Å². The molecule has 2 N–H and O–H groups in total. The van der Waals surface area contributed by atoms with Crippen molar-refractivity contribution in [2.45, 2.75) is 19.6 Å². The summed E-state index contributed by atoms with van der Waals surface area (Å²) in [4.78, 5) is 20.4. The molecule has 0 bridgehead atoms. The topological polar surface area (TPSA) is 74.6 Å². The molecule has 0 saturated carbocycles. The van der Waals surface area contributed by atoms with Gasteiger partial charge in [0.05, 0.1) is 0 Å². The van der Waals surface area contributed by atoms with E-state index >= 15 is 0 Å². The van der Waals surface area contributed by atoms with Crippen molar-refractivity contribution >= 4 is 11.6 Å². The summed E-state index contributed by atoms with van der Waals surface area (Å²) in [6, 6.07) is 0. The molecule has 52 valence electrons. The second-order valence-electron chi connectivity index (χ2n) is 1.78. The SMILES string of the molecule is CC(=O)C(O)(O)C(C)=O. The molecule has 0 aromatic rings. The summed E-state index contributed by atoms with van der Waals surface area (Å²) in [6.45, 7) is 1.86. The molecule has 0 fully saturated rings. The predicted octanol–water partition coefficient (Wildman–Crippen LogP) is -1.15. The number of Topliss-reactive ketones (excluding diaryl/α,β-unsaturated/α-hetero) is 2. The summed E-state index contributed by atoms with van der Waals surface area (Å²) in [7, 11) is 0. The molecule has 0 amide bonds. The molecule has 0 aromatic carbocycles. The van der Waals surface area contributed by atoms with Crippen LogP contribution in [0.15, 0.2) is 0 Å². The van der Waals surface area contributed by atoms with Crippen LogP contribution in [0.3, 0.4) is 0 Å². The first kappa shape index (κ1) is 8.26. The van der Waals surface area contributed by atoms with Gasteiger partial charge in [-0.15, -0.1) is 0 Å². The smallest absolute Gasteiger partial charge is 0.284 e. The molecule has 0 unspecified atom stereocenters. The van der Waals surface area contributed by atoms with Crippen molar-refractivity contribution in [2.24, 2.45) is 0 Å². The van der Waals surface area contributed by atoms with Crippen molar-refractivity contribution in [3.05, 3.63) is 0 Å². The second-order valence-corrected chi connectivity index (χ2v) is 1.78. The van der Waals surface area contributed by atoms with Gasteiger partial charge in [-0.3, -0.25) is 9.59 Å². The van der Waals surface area contributed by atoms with Crippen LogP contribution in [-0.2, 0) is 9.59 Å². The van der Waals surface area contributed by atoms with Gasteiger partial charge in [-0.2, -0.15) is 0 Å². The van der Waals surface area contributed by atoms with Crippen molar-refractivity contribution in [3.8, 4) is 0 Å². The average Bonchev–Trinajstić information content (AvgIpc) is 1.65. The lowest BCUT2D eigenvalue weighted by molar-refractivity contribution is -0.186. The van der Waals surface area contributed by atoms with E-state index in [-0.39, 0.29) is 0 Å². The van der Waals surface area contributed by atoms with Crippen molar-refractivity contribution in [2.75, 3.05) is 0 Å². The highest BCUT2D eigenvalue weighted by molar-refractivity contribution is 6.05. The molecule has 0 aliphatic carbocycles. The highest BCUT2D eigenvalue weighted by atomic mass is 16.5. The number of rotatable bonds is 2. The van der Waals surface area contributed by atoms with Crippen molar-refractivity contribution in [1.82, 2.24) is 0 Å². The molecule has 0 spiro atoms. The van der Waals surface area contributed by atoms with E-state index in [0.717, 1.165) is 13.8 Å². The van der Waals surface area contributed by atoms with E-state index in [1.54, 1.807) is 0 Å². The van der Waals surface area contributed by atoms with Crippen LogP contribution in [0.5, 0.6) is 0 Å². The van der Waals surface area contributed by atoms with Crippen LogP contribution in [0.1, 0.15) is 13.8 Å². The molecule has 0 aromatic heterocycles. The normalized spacial score (nSPS) is 11.1. The van der Waals surface area contributed by atoms with E-state index in [1.807, 2.05) is 0 Å². The Morgan fingerprint density at radius 1 is 1.11 bits per heavy atom. The fourth-order valence-corrected chi connectivity index (χ4v) is 0.248. The van der Waals surface area contributed by atoms with Gasteiger partial charge < -0.3 is 10.2 Å². The predicted molar refractivity (Wildman–Crippen MR) is 28.5 cm³/mol. The lowest BCUT2D eigenvalue weighted by atomic mass is 10.1. The van der Waals surface area contributed by atoms with Gasteiger partial charge in [-0.25, -0.2) is 0 Å². The maximum atomic E-state index is 10.2. The second kappa shape index (κ2) is 2.24. The molecule has 0 aliphatic heterocycles. The van der Waals surface area contributed by atoms with E-state index in [4.69, 9.17) is 10.2 Å². The molecule has 9 heavy (non-hydrogen) atoms. The minimum absolute atomic E-state index is 0.932. The molecule has 0 atom stereocenters. The summed E-state index contributed by atoms with van der Waals surface area (Å²) in [5.74, 6) is -4.70. The largest absolute Gasteiger partial charge is 0.354 e. The van der Waals surface area contributed by atoms with Crippen molar-refractivity contribution in [3.63, 3.8) is 0 Å². The Kier molecular flexibility index (Phi) is 2.06. The summed E-state index contributed by atoms with van der Waals surface area (Å²) in [5.41, 5.74) is 0. The third-order valence-electron chi connectivity index (χ3n) is 0.982. The molecule has 0 radical (unpaired) electrons. The molecule has 4 nitrogen and oxygen atoms in total. The first-order valence-corrected chi connectivity index (χ1v) is 2.36. The summed E-state index contributed by atoms with van der Waals surface area (Å²) in [6.07, 6.45) is 0. The quantitative estimate of drug-likeness (QED) is 0.367. The van der Waals surface area contributed by atoms with Gasteiger partial charge in [-0.05, 0) is 0 Å². The Labute approximate surface area is 52.1 Å².